The van der Waals surface area contributed by atoms with Crippen molar-refractivity contribution in [3.05, 3.63) is 100 Å². The molecule has 0 saturated carbocycles. The van der Waals surface area contributed by atoms with E-state index in [2.05, 4.69) is 5.32 Å². The molecule has 1 atom stereocenters. The monoisotopic (exact) mass is 531 g/mol. The van der Waals surface area contributed by atoms with E-state index in [1.807, 2.05) is 0 Å². The first-order valence-electron chi connectivity index (χ1n) is 11.2. The van der Waals surface area contributed by atoms with Crippen molar-refractivity contribution in [1.29, 1.82) is 0 Å². The van der Waals surface area contributed by atoms with E-state index in [1.165, 1.54) is 6.07 Å². The Bertz CT molecular complexity index is 1420. The third-order valence-corrected chi connectivity index (χ3v) is 5.77. The number of alkyl halides is 3. The summed E-state index contributed by atoms with van der Waals surface area (Å²) in [5.74, 6) is -1.92. The molecule has 0 bridgehead atoms. The third kappa shape index (κ3) is 5.95. The minimum absolute atomic E-state index is 0.0745. The predicted octanol–water partition coefficient (Wildman–Crippen LogP) is 7.18. The summed E-state index contributed by atoms with van der Waals surface area (Å²) < 4.78 is 56.6. The molecule has 1 heterocycles. The molecule has 4 aromatic rings. The number of para-hydroxylation sites is 1. The number of nitrogens with one attached hydrogen (secondary N) is 1. The molecule has 6 nitrogen and oxygen atoms in total. The third-order valence-electron chi connectivity index (χ3n) is 5.44. The van der Waals surface area contributed by atoms with E-state index in [-0.39, 0.29) is 18.1 Å². The Hall–Kier alpha value is -3.82. The van der Waals surface area contributed by atoms with Gasteiger partial charge in [0.25, 0.3) is 5.91 Å². The average Bonchev–Trinajstić information content (AvgIpc) is 3.25. The Morgan fingerprint density at radius 1 is 1.03 bits per heavy atom. The lowest BCUT2D eigenvalue weighted by Crippen LogP contribution is -2.26. The normalized spacial score (nSPS) is 12.4. The highest BCUT2D eigenvalue weighted by Crippen LogP contribution is 2.36. The minimum Gasteiger partial charge on any atom is -0.449 e. The van der Waals surface area contributed by atoms with Crippen LogP contribution in [0.3, 0.4) is 0 Å². The van der Waals surface area contributed by atoms with Gasteiger partial charge >= 0.3 is 12.1 Å². The number of carbonyl (C=O) groups excluding carboxylic acids is 2. The molecule has 0 saturated heterocycles. The molecule has 1 aromatic heterocycles. The SMILES string of the molecule is CCOCc1c(C(=O)OC(C(=O)Nc2ccc(Cl)c(C(F)(F)F)c2)c2ccccc2)oc2ccccc12. The quantitative estimate of drug-likeness (QED) is 0.244. The maximum atomic E-state index is 13.3. The van der Waals surface area contributed by atoms with Crippen LogP contribution in [0.5, 0.6) is 0 Å². The zero-order chi connectivity index (χ0) is 26.6. The number of halogens is 4. The Labute approximate surface area is 214 Å². The summed E-state index contributed by atoms with van der Waals surface area (Å²) in [7, 11) is 0. The maximum absolute atomic E-state index is 13.3. The number of esters is 1. The number of fused-ring (bicyclic) bond motifs is 1. The van der Waals surface area contributed by atoms with Gasteiger partial charge in [-0.1, -0.05) is 60.1 Å². The first kappa shape index (κ1) is 26.2. The molecular weight excluding hydrogens is 511 g/mol. The van der Waals surface area contributed by atoms with E-state index in [1.54, 1.807) is 61.5 Å². The standard InChI is InChI=1S/C27H21ClF3NO5/c1-2-35-15-19-18-10-6-7-11-22(18)36-24(19)26(34)37-23(16-8-4-3-5-9-16)25(33)32-17-12-13-21(28)20(14-17)27(29,30)31/h3-14,23H,2,15H2,1H3,(H,32,33). The molecule has 3 aromatic carbocycles. The summed E-state index contributed by atoms with van der Waals surface area (Å²) in [5.41, 5.74) is -0.0729. The van der Waals surface area contributed by atoms with Gasteiger partial charge in [0, 0.05) is 28.8 Å². The molecule has 4 rings (SSSR count). The number of hydrogen-bond donors (Lipinski definition) is 1. The lowest BCUT2D eigenvalue weighted by atomic mass is 10.1. The van der Waals surface area contributed by atoms with Crippen molar-refractivity contribution >= 4 is 40.1 Å². The molecule has 192 valence electrons. The second-order valence-electron chi connectivity index (χ2n) is 7.92. The molecule has 37 heavy (non-hydrogen) atoms. The van der Waals surface area contributed by atoms with E-state index in [0.717, 1.165) is 6.07 Å². The first-order valence-corrected chi connectivity index (χ1v) is 11.6. The first-order chi connectivity index (χ1) is 17.7. The number of ether oxygens (including phenoxy) is 2. The molecule has 1 unspecified atom stereocenters. The van der Waals surface area contributed by atoms with E-state index >= 15 is 0 Å². The lowest BCUT2D eigenvalue weighted by molar-refractivity contribution is -0.137. The van der Waals surface area contributed by atoms with Crippen LogP contribution in [0.15, 0.2) is 77.2 Å². The maximum Gasteiger partial charge on any atom is 0.417 e. The minimum atomic E-state index is -4.72. The Morgan fingerprint density at radius 3 is 2.43 bits per heavy atom. The lowest BCUT2D eigenvalue weighted by Gasteiger charge is -2.18. The van der Waals surface area contributed by atoms with E-state index < -0.39 is 34.7 Å². The smallest absolute Gasteiger partial charge is 0.417 e. The van der Waals surface area contributed by atoms with Crippen LogP contribution in [0.4, 0.5) is 18.9 Å². The van der Waals surface area contributed by atoms with E-state index in [0.29, 0.717) is 34.8 Å². The highest BCUT2D eigenvalue weighted by atomic mass is 35.5. The second-order valence-corrected chi connectivity index (χ2v) is 8.33. The van der Waals surface area contributed by atoms with Gasteiger partial charge in [-0.15, -0.1) is 0 Å². The summed E-state index contributed by atoms with van der Waals surface area (Å²) in [6.45, 7) is 2.27. The van der Waals surface area contributed by atoms with E-state index in [9.17, 15) is 22.8 Å². The molecular formula is C27H21ClF3NO5. The fourth-order valence-corrected chi connectivity index (χ4v) is 3.93. The predicted molar refractivity (Wildman–Crippen MR) is 131 cm³/mol. The Kier molecular flexibility index (Phi) is 7.85. The summed E-state index contributed by atoms with van der Waals surface area (Å²) in [6.07, 6.45) is -6.21. The molecule has 0 aliphatic rings. The molecule has 0 aliphatic carbocycles. The van der Waals surface area contributed by atoms with Crippen molar-refractivity contribution in [1.82, 2.24) is 0 Å². The van der Waals surface area contributed by atoms with Crippen molar-refractivity contribution < 1.29 is 36.7 Å². The number of hydrogen-bond acceptors (Lipinski definition) is 5. The van der Waals surface area contributed by atoms with Gasteiger partial charge < -0.3 is 19.2 Å². The molecule has 0 aliphatic heterocycles. The zero-order valence-corrected chi connectivity index (χ0v) is 20.2. The number of amides is 1. The van der Waals surface area contributed by atoms with Crippen LogP contribution in [-0.2, 0) is 27.1 Å². The number of anilines is 1. The number of carbonyl (C=O) groups is 2. The fraction of sp³-hybridized carbons (Fsp3) is 0.185. The fourth-order valence-electron chi connectivity index (χ4n) is 3.70. The van der Waals surface area contributed by atoms with Crippen LogP contribution in [0.25, 0.3) is 11.0 Å². The Balaban J connectivity index is 1.66. The van der Waals surface area contributed by atoms with Gasteiger partial charge in [-0.25, -0.2) is 4.79 Å². The van der Waals surface area contributed by atoms with E-state index in [4.69, 9.17) is 25.5 Å². The van der Waals surface area contributed by atoms with Crippen LogP contribution < -0.4 is 5.32 Å². The topological polar surface area (TPSA) is 77.8 Å². The van der Waals surface area contributed by atoms with Crippen LogP contribution in [0, 0.1) is 0 Å². The number of benzene rings is 3. The van der Waals surface area contributed by atoms with Gasteiger partial charge in [0.1, 0.15) is 5.58 Å². The highest BCUT2D eigenvalue weighted by molar-refractivity contribution is 6.31. The largest absolute Gasteiger partial charge is 0.449 e. The summed E-state index contributed by atoms with van der Waals surface area (Å²) in [6, 6.07) is 18.0. The summed E-state index contributed by atoms with van der Waals surface area (Å²) >= 11 is 5.67. The van der Waals surface area contributed by atoms with Crippen molar-refractivity contribution in [2.45, 2.75) is 25.8 Å². The molecule has 0 spiro atoms. The van der Waals surface area contributed by atoms with Gasteiger partial charge in [-0.2, -0.15) is 13.2 Å². The van der Waals surface area contributed by atoms with Gasteiger partial charge in [-0.05, 0) is 31.2 Å². The van der Waals surface area contributed by atoms with Gasteiger partial charge in [-0.3, -0.25) is 4.79 Å². The van der Waals surface area contributed by atoms with Crippen LogP contribution in [0.2, 0.25) is 5.02 Å². The number of rotatable bonds is 8. The van der Waals surface area contributed by atoms with Gasteiger partial charge in [0.15, 0.2) is 0 Å². The molecule has 1 N–H and O–H groups in total. The molecule has 1 amide bonds. The average molecular weight is 532 g/mol. The second kappa shape index (κ2) is 11.1. The van der Waals surface area contributed by atoms with Gasteiger partial charge in [0.05, 0.1) is 17.2 Å². The van der Waals surface area contributed by atoms with Crippen LogP contribution in [0.1, 0.15) is 40.3 Å². The van der Waals surface area contributed by atoms with Crippen LogP contribution in [-0.4, -0.2) is 18.5 Å². The highest BCUT2D eigenvalue weighted by Gasteiger charge is 2.34. The molecule has 10 heteroatoms. The molecule has 0 fully saturated rings. The van der Waals surface area contributed by atoms with Gasteiger partial charge in [0.2, 0.25) is 11.9 Å². The molecule has 0 radical (unpaired) electrons. The van der Waals surface area contributed by atoms with Crippen molar-refractivity contribution in [3.8, 4) is 0 Å². The van der Waals surface area contributed by atoms with Crippen molar-refractivity contribution in [3.63, 3.8) is 0 Å². The number of furan rings is 1. The summed E-state index contributed by atoms with van der Waals surface area (Å²) in [4.78, 5) is 26.4. The van der Waals surface area contributed by atoms with Crippen molar-refractivity contribution in [2.75, 3.05) is 11.9 Å². The summed E-state index contributed by atoms with van der Waals surface area (Å²) in [5, 5.41) is 2.53. The Morgan fingerprint density at radius 2 is 1.73 bits per heavy atom. The van der Waals surface area contributed by atoms with Crippen molar-refractivity contribution in [2.24, 2.45) is 0 Å². The zero-order valence-electron chi connectivity index (χ0n) is 19.5. The van der Waals surface area contributed by atoms with Crippen LogP contribution >= 0.6 is 11.6 Å².